The van der Waals surface area contributed by atoms with E-state index in [2.05, 4.69) is 4.98 Å². The highest BCUT2D eigenvalue weighted by Crippen LogP contribution is 2.32. The highest BCUT2D eigenvalue weighted by atomic mass is 32.2. The fourth-order valence-electron chi connectivity index (χ4n) is 3.95. The minimum atomic E-state index is -4.43. The third kappa shape index (κ3) is 5.44. The van der Waals surface area contributed by atoms with E-state index in [1.165, 1.54) is 23.5 Å². The van der Waals surface area contributed by atoms with Crippen LogP contribution < -0.4 is 0 Å². The summed E-state index contributed by atoms with van der Waals surface area (Å²) in [6.45, 7) is 0.0465. The molecule has 0 bridgehead atoms. The van der Waals surface area contributed by atoms with Crippen molar-refractivity contribution in [1.29, 1.82) is 0 Å². The maximum atomic E-state index is 14.1. The molecular formula is C23H19F5N2O3S2. The SMILES string of the molecule is O=C(CCc1nc(-c2ccc(C(F)(F)F)cc2)cs1)[C@@H]1CCCN1S(=O)(=O)c1ccc(F)cc1F. The predicted octanol–water partition coefficient (Wildman–Crippen LogP) is 5.46. The van der Waals surface area contributed by atoms with Crippen LogP contribution in [0.4, 0.5) is 22.0 Å². The molecule has 0 spiro atoms. The molecule has 1 atom stereocenters. The number of halogens is 5. The third-order valence-electron chi connectivity index (χ3n) is 5.70. The normalized spacial score (nSPS) is 17.1. The van der Waals surface area contributed by atoms with Crippen LogP contribution in [0.15, 0.2) is 52.7 Å². The topological polar surface area (TPSA) is 67.3 Å². The van der Waals surface area contributed by atoms with Crippen LogP contribution in [0.3, 0.4) is 0 Å². The van der Waals surface area contributed by atoms with Crippen LogP contribution in [-0.4, -0.2) is 36.1 Å². The Morgan fingerprint density at radius 3 is 2.49 bits per heavy atom. The number of aromatic nitrogens is 1. The first-order valence-electron chi connectivity index (χ1n) is 10.6. The van der Waals surface area contributed by atoms with Crippen molar-refractivity contribution in [2.75, 3.05) is 6.54 Å². The summed E-state index contributed by atoms with van der Waals surface area (Å²) >= 11 is 1.24. The lowest BCUT2D eigenvalue weighted by Crippen LogP contribution is -2.40. The molecule has 2 heterocycles. The first-order valence-corrected chi connectivity index (χ1v) is 12.9. The van der Waals surface area contributed by atoms with E-state index in [1.807, 2.05) is 0 Å². The van der Waals surface area contributed by atoms with Gasteiger partial charge in [-0.3, -0.25) is 4.79 Å². The lowest BCUT2D eigenvalue weighted by atomic mass is 10.1. The van der Waals surface area contributed by atoms with Gasteiger partial charge >= 0.3 is 6.18 Å². The van der Waals surface area contributed by atoms with Gasteiger partial charge in [0.15, 0.2) is 5.78 Å². The Kier molecular flexibility index (Phi) is 7.07. The van der Waals surface area contributed by atoms with Crippen molar-refractivity contribution in [2.24, 2.45) is 0 Å². The van der Waals surface area contributed by atoms with Crippen molar-refractivity contribution in [2.45, 2.75) is 42.8 Å². The number of nitrogens with zero attached hydrogens (tertiary/aromatic N) is 2. The third-order valence-corrected chi connectivity index (χ3v) is 8.55. The second-order valence-corrected chi connectivity index (χ2v) is 10.8. The molecule has 0 amide bonds. The van der Waals surface area contributed by atoms with Crippen LogP contribution in [0.2, 0.25) is 0 Å². The van der Waals surface area contributed by atoms with Gasteiger partial charge in [-0.05, 0) is 37.1 Å². The highest BCUT2D eigenvalue weighted by Gasteiger charge is 2.40. The number of sulfonamides is 1. The average molecular weight is 531 g/mol. The monoisotopic (exact) mass is 530 g/mol. The molecule has 0 N–H and O–H groups in total. The Hall–Kier alpha value is -2.70. The predicted molar refractivity (Wildman–Crippen MR) is 119 cm³/mol. The van der Waals surface area contributed by atoms with E-state index in [1.54, 1.807) is 5.38 Å². The Labute approximate surface area is 202 Å². The van der Waals surface area contributed by atoms with E-state index in [0.717, 1.165) is 28.6 Å². The number of carbonyl (C=O) groups is 1. The minimum absolute atomic E-state index is 0.0114. The Morgan fingerprint density at radius 1 is 1.11 bits per heavy atom. The molecule has 0 unspecified atom stereocenters. The van der Waals surface area contributed by atoms with E-state index in [9.17, 15) is 35.2 Å². The van der Waals surface area contributed by atoms with Crippen molar-refractivity contribution in [3.8, 4) is 11.3 Å². The van der Waals surface area contributed by atoms with E-state index in [-0.39, 0.29) is 31.6 Å². The van der Waals surface area contributed by atoms with Gasteiger partial charge < -0.3 is 0 Å². The molecule has 3 aromatic rings. The summed E-state index contributed by atoms with van der Waals surface area (Å²) in [6.07, 6.45) is -3.51. The molecule has 12 heteroatoms. The van der Waals surface area contributed by atoms with Crippen LogP contribution in [-0.2, 0) is 27.4 Å². The summed E-state index contributed by atoms with van der Waals surface area (Å²) in [6, 6.07) is 5.80. The molecular weight excluding hydrogens is 511 g/mol. The van der Waals surface area contributed by atoms with E-state index in [0.29, 0.717) is 28.8 Å². The summed E-state index contributed by atoms with van der Waals surface area (Å²) in [5.41, 5.74) is 0.211. The number of aryl methyl sites for hydroxylation is 1. The zero-order valence-corrected chi connectivity index (χ0v) is 19.7. The van der Waals surface area contributed by atoms with Gasteiger partial charge in [0.05, 0.1) is 22.3 Å². The zero-order valence-electron chi connectivity index (χ0n) is 18.1. The average Bonchev–Trinajstić information content (AvgIpc) is 3.47. The van der Waals surface area contributed by atoms with Gasteiger partial charge in [0, 0.05) is 36.4 Å². The first kappa shape index (κ1) is 25.4. The van der Waals surface area contributed by atoms with Crippen LogP contribution in [0, 0.1) is 11.6 Å². The second kappa shape index (κ2) is 9.75. The Bertz CT molecular complexity index is 1340. The molecule has 35 heavy (non-hydrogen) atoms. The van der Waals surface area contributed by atoms with Gasteiger partial charge in [-0.1, -0.05) is 12.1 Å². The van der Waals surface area contributed by atoms with E-state index >= 15 is 0 Å². The fourth-order valence-corrected chi connectivity index (χ4v) is 6.48. The smallest absolute Gasteiger partial charge is 0.298 e. The van der Waals surface area contributed by atoms with Crippen molar-refractivity contribution < 1.29 is 35.2 Å². The van der Waals surface area contributed by atoms with Gasteiger partial charge in [0.25, 0.3) is 0 Å². The van der Waals surface area contributed by atoms with Gasteiger partial charge in [0.1, 0.15) is 16.5 Å². The molecule has 1 fully saturated rings. The molecule has 1 saturated heterocycles. The molecule has 0 radical (unpaired) electrons. The van der Waals surface area contributed by atoms with Crippen LogP contribution in [0.1, 0.15) is 29.8 Å². The maximum absolute atomic E-state index is 14.1. The number of hydrogen-bond acceptors (Lipinski definition) is 5. The van der Waals surface area contributed by atoms with Gasteiger partial charge in [0.2, 0.25) is 10.0 Å². The lowest BCUT2D eigenvalue weighted by Gasteiger charge is -2.23. The van der Waals surface area contributed by atoms with Crippen molar-refractivity contribution in [3.63, 3.8) is 0 Å². The number of Topliss-reactive ketones (excluding diaryl/α,β-unsaturated/α-hetero) is 1. The number of benzene rings is 2. The van der Waals surface area contributed by atoms with E-state index < -0.39 is 44.3 Å². The Balaban J connectivity index is 1.43. The molecule has 1 aromatic heterocycles. The number of ketones is 1. The summed E-state index contributed by atoms with van der Waals surface area (Å²) in [5.74, 6) is -2.48. The standard InChI is InChI=1S/C23H19F5N2O3S2/c24-16-7-9-21(17(25)12-16)35(32,33)30-11-1-2-19(30)20(31)8-10-22-29-18(13-34-22)14-3-5-15(6-4-14)23(26,27)28/h3-7,9,12-13,19H,1-2,8,10-11H2/t19-/m0/s1. The molecule has 186 valence electrons. The molecule has 0 aliphatic carbocycles. The second-order valence-electron chi connectivity index (χ2n) is 8.02. The van der Waals surface area contributed by atoms with Crippen molar-refractivity contribution >= 4 is 27.1 Å². The quantitative estimate of drug-likeness (QED) is 0.381. The summed E-state index contributed by atoms with van der Waals surface area (Å²) in [4.78, 5) is 16.6. The number of carbonyl (C=O) groups excluding carboxylic acids is 1. The number of alkyl halides is 3. The fraction of sp³-hybridized carbons (Fsp3) is 0.304. The largest absolute Gasteiger partial charge is 0.416 e. The van der Waals surface area contributed by atoms with Gasteiger partial charge in [-0.25, -0.2) is 22.2 Å². The van der Waals surface area contributed by atoms with E-state index in [4.69, 9.17) is 0 Å². The number of hydrogen-bond donors (Lipinski definition) is 0. The van der Waals surface area contributed by atoms with Crippen molar-refractivity contribution in [1.82, 2.24) is 9.29 Å². The lowest BCUT2D eigenvalue weighted by molar-refractivity contribution is -0.137. The molecule has 1 aliphatic heterocycles. The molecule has 2 aromatic carbocycles. The zero-order chi connectivity index (χ0) is 25.4. The van der Waals surface area contributed by atoms with Crippen LogP contribution >= 0.6 is 11.3 Å². The molecule has 0 saturated carbocycles. The molecule has 5 nitrogen and oxygen atoms in total. The summed E-state index contributed by atoms with van der Waals surface area (Å²) in [7, 11) is -4.33. The van der Waals surface area contributed by atoms with Gasteiger partial charge in [-0.2, -0.15) is 17.5 Å². The first-order chi connectivity index (χ1) is 16.5. The molecule has 1 aliphatic rings. The number of thiazole rings is 1. The van der Waals surface area contributed by atoms with Gasteiger partial charge in [-0.15, -0.1) is 11.3 Å². The minimum Gasteiger partial charge on any atom is -0.298 e. The Morgan fingerprint density at radius 2 is 1.83 bits per heavy atom. The number of rotatable bonds is 7. The van der Waals surface area contributed by atoms with Crippen LogP contribution in [0.25, 0.3) is 11.3 Å². The highest BCUT2D eigenvalue weighted by molar-refractivity contribution is 7.89. The van der Waals surface area contributed by atoms with Crippen molar-refractivity contribution in [3.05, 3.63) is 70.1 Å². The molecule has 4 rings (SSSR count). The van der Waals surface area contributed by atoms with Crippen LogP contribution in [0.5, 0.6) is 0 Å². The summed E-state index contributed by atoms with van der Waals surface area (Å²) < 4.78 is 92.4. The summed E-state index contributed by atoms with van der Waals surface area (Å²) in [5, 5.41) is 2.25. The maximum Gasteiger partial charge on any atom is 0.416 e.